The molecule has 2 aromatic rings. The van der Waals surface area contributed by atoms with Crippen molar-refractivity contribution in [3.63, 3.8) is 0 Å². The minimum Gasteiger partial charge on any atom is -0.389 e. The lowest BCUT2D eigenvalue weighted by Gasteiger charge is -2.07. The van der Waals surface area contributed by atoms with E-state index in [0.29, 0.717) is 5.03 Å². The summed E-state index contributed by atoms with van der Waals surface area (Å²) in [5.41, 5.74) is 0.0287. The summed E-state index contributed by atoms with van der Waals surface area (Å²) >= 11 is 1.27. The Balaban J connectivity index is 2.10. The molecule has 20 heavy (non-hydrogen) atoms. The molecular formula is C14H12F3NOS. The molecule has 0 aliphatic rings. The number of rotatable bonds is 3. The first-order valence-corrected chi connectivity index (χ1v) is 6.67. The molecule has 0 bridgehead atoms. The standard InChI is InChI=1S/C14H12F3NOS/c1-9(19)10-2-5-12(6-3-10)20-13-7-4-11(8-18-13)14(15,16)17/h2-9,19H,1H3. The number of nitrogens with zero attached hydrogens (tertiary/aromatic N) is 1. The molecule has 1 unspecified atom stereocenters. The third kappa shape index (κ3) is 3.74. The molecule has 2 rings (SSSR count). The first-order chi connectivity index (χ1) is 9.36. The third-order valence-electron chi connectivity index (χ3n) is 2.65. The van der Waals surface area contributed by atoms with Gasteiger partial charge in [-0.3, -0.25) is 0 Å². The number of halogens is 3. The number of aliphatic hydroxyl groups is 1. The zero-order chi connectivity index (χ0) is 14.8. The maximum absolute atomic E-state index is 12.4. The van der Waals surface area contributed by atoms with Gasteiger partial charge in [-0.2, -0.15) is 13.2 Å². The van der Waals surface area contributed by atoms with Crippen LogP contribution in [0.3, 0.4) is 0 Å². The highest BCUT2D eigenvalue weighted by molar-refractivity contribution is 7.99. The second-order valence-corrected chi connectivity index (χ2v) is 5.32. The van der Waals surface area contributed by atoms with Crippen LogP contribution in [-0.2, 0) is 6.18 Å². The van der Waals surface area contributed by atoms with Crippen molar-refractivity contribution in [3.8, 4) is 0 Å². The predicted octanol–water partition coefficient (Wildman–Crippen LogP) is 4.30. The summed E-state index contributed by atoms with van der Waals surface area (Å²) in [5.74, 6) is 0. The molecule has 0 aliphatic carbocycles. The highest BCUT2D eigenvalue weighted by Gasteiger charge is 2.30. The molecule has 0 saturated carbocycles. The summed E-state index contributed by atoms with van der Waals surface area (Å²) in [6.07, 6.45) is -4.08. The van der Waals surface area contributed by atoms with Crippen LogP contribution < -0.4 is 0 Å². The molecule has 106 valence electrons. The molecule has 1 heterocycles. The monoisotopic (exact) mass is 299 g/mol. The van der Waals surface area contributed by atoms with Crippen molar-refractivity contribution in [2.45, 2.75) is 29.1 Å². The van der Waals surface area contributed by atoms with Crippen molar-refractivity contribution < 1.29 is 18.3 Å². The van der Waals surface area contributed by atoms with Gasteiger partial charge < -0.3 is 5.11 Å². The normalized spacial score (nSPS) is 13.2. The third-order valence-corrected chi connectivity index (χ3v) is 3.61. The molecule has 1 aromatic heterocycles. The number of pyridine rings is 1. The lowest BCUT2D eigenvalue weighted by molar-refractivity contribution is -0.137. The van der Waals surface area contributed by atoms with Gasteiger partial charge in [-0.15, -0.1) is 0 Å². The van der Waals surface area contributed by atoms with Crippen molar-refractivity contribution in [2.75, 3.05) is 0 Å². The summed E-state index contributed by atoms with van der Waals surface area (Å²) in [4.78, 5) is 4.64. The molecule has 0 aliphatic heterocycles. The van der Waals surface area contributed by atoms with Crippen LogP contribution in [0.1, 0.15) is 24.2 Å². The van der Waals surface area contributed by atoms with E-state index in [1.165, 1.54) is 17.8 Å². The maximum atomic E-state index is 12.4. The molecule has 0 amide bonds. The number of benzene rings is 1. The topological polar surface area (TPSA) is 33.1 Å². The average Bonchev–Trinajstić information content (AvgIpc) is 2.39. The zero-order valence-corrected chi connectivity index (χ0v) is 11.4. The largest absolute Gasteiger partial charge is 0.417 e. The summed E-state index contributed by atoms with van der Waals surface area (Å²) < 4.78 is 37.2. The Morgan fingerprint density at radius 1 is 1.10 bits per heavy atom. The van der Waals surface area contributed by atoms with Crippen molar-refractivity contribution in [3.05, 3.63) is 53.7 Å². The predicted molar refractivity (Wildman–Crippen MR) is 70.4 cm³/mol. The van der Waals surface area contributed by atoms with Gasteiger partial charge in [0.05, 0.1) is 11.7 Å². The van der Waals surface area contributed by atoms with E-state index in [9.17, 15) is 18.3 Å². The second-order valence-electron chi connectivity index (χ2n) is 4.23. The minimum absolute atomic E-state index is 0.489. The molecular weight excluding hydrogens is 287 g/mol. The number of aromatic nitrogens is 1. The molecule has 0 fully saturated rings. The van der Waals surface area contributed by atoms with Gasteiger partial charge in [0.1, 0.15) is 5.03 Å². The van der Waals surface area contributed by atoms with Crippen LogP contribution >= 0.6 is 11.8 Å². The molecule has 1 N–H and O–H groups in total. The molecule has 1 atom stereocenters. The van der Waals surface area contributed by atoms with Gasteiger partial charge in [0, 0.05) is 11.1 Å². The van der Waals surface area contributed by atoms with E-state index in [1.807, 2.05) is 0 Å². The number of hydrogen-bond acceptors (Lipinski definition) is 3. The van der Waals surface area contributed by atoms with Gasteiger partial charge in [0.15, 0.2) is 0 Å². The summed E-state index contributed by atoms with van der Waals surface area (Å²) in [6.45, 7) is 1.67. The fraction of sp³-hybridized carbons (Fsp3) is 0.214. The lowest BCUT2D eigenvalue weighted by Crippen LogP contribution is -2.04. The summed E-state index contributed by atoms with van der Waals surface area (Å²) in [5, 5.41) is 9.87. The minimum atomic E-state index is -4.37. The van der Waals surface area contributed by atoms with Gasteiger partial charge in [-0.1, -0.05) is 23.9 Å². The average molecular weight is 299 g/mol. The quantitative estimate of drug-likeness (QED) is 0.917. The van der Waals surface area contributed by atoms with E-state index in [1.54, 1.807) is 31.2 Å². The Labute approximate surface area is 118 Å². The highest BCUT2D eigenvalue weighted by atomic mass is 32.2. The van der Waals surface area contributed by atoms with Crippen LogP contribution in [0.4, 0.5) is 13.2 Å². The van der Waals surface area contributed by atoms with Crippen molar-refractivity contribution in [1.82, 2.24) is 4.98 Å². The summed E-state index contributed by atoms with van der Waals surface area (Å²) in [6, 6.07) is 9.50. The number of aliphatic hydroxyl groups excluding tert-OH is 1. The SMILES string of the molecule is CC(O)c1ccc(Sc2ccc(C(F)(F)F)cn2)cc1. The van der Waals surface area contributed by atoms with E-state index in [0.717, 1.165) is 22.7 Å². The van der Waals surface area contributed by atoms with Crippen molar-refractivity contribution in [1.29, 1.82) is 0 Å². The van der Waals surface area contributed by atoms with Crippen LogP contribution in [0, 0.1) is 0 Å². The second kappa shape index (κ2) is 5.85. The molecule has 6 heteroatoms. The fourth-order valence-corrected chi connectivity index (χ4v) is 2.30. The first kappa shape index (κ1) is 14.9. The Bertz CT molecular complexity index is 564. The first-order valence-electron chi connectivity index (χ1n) is 5.85. The van der Waals surface area contributed by atoms with Crippen LogP contribution in [0.2, 0.25) is 0 Å². The Hall–Kier alpha value is -1.53. The number of alkyl halides is 3. The fourth-order valence-electron chi connectivity index (χ4n) is 1.54. The Morgan fingerprint density at radius 2 is 1.75 bits per heavy atom. The van der Waals surface area contributed by atoms with Gasteiger partial charge in [0.2, 0.25) is 0 Å². The molecule has 2 nitrogen and oxygen atoms in total. The van der Waals surface area contributed by atoms with Gasteiger partial charge in [-0.25, -0.2) is 4.98 Å². The van der Waals surface area contributed by atoms with Crippen LogP contribution in [0.5, 0.6) is 0 Å². The smallest absolute Gasteiger partial charge is 0.389 e. The van der Waals surface area contributed by atoms with Crippen LogP contribution in [0.25, 0.3) is 0 Å². The van der Waals surface area contributed by atoms with E-state index >= 15 is 0 Å². The van der Waals surface area contributed by atoms with Crippen molar-refractivity contribution in [2.24, 2.45) is 0 Å². The Kier molecular flexibility index (Phi) is 4.35. The van der Waals surface area contributed by atoms with E-state index in [4.69, 9.17) is 0 Å². The van der Waals surface area contributed by atoms with Gasteiger partial charge in [-0.05, 0) is 36.8 Å². The number of hydrogen-bond donors (Lipinski definition) is 1. The maximum Gasteiger partial charge on any atom is 0.417 e. The summed E-state index contributed by atoms with van der Waals surface area (Å²) in [7, 11) is 0. The molecule has 1 aromatic carbocycles. The van der Waals surface area contributed by atoms with Crippen LogP contribution in [0.15, 0.2) is 52.5 Å². The molecule has 0 spiro atoms. The van der Waals surface area contributed by atoms with Gasteiger partial charge in [0.25, 0.3) is 0 Å². The molecule has 0 radical (unpaired) electrons. The molecule has 0 saturated heterocycles. The van der Waals surface area contributed by atoms with E-state index in [-0.39, 0.29) is 0 Å². The Morgan fingerprint density at radius 3 is 2.20 bits per heavy atom. The zero-order valence-electron chi connectivity index (χ0n) is 10.6. The van der Waals surface area contributed by atoms with E-state index in [2.05, 4.69) is 4.98 Å². The van der Waals surface area contributed by atoms with E-state index < -0.39 is 17.8 Å². The van der Waals surface area contributed by atoms with Crippen LogP contribution in [-0.4, -0.2) is 10.1 Å². The highest BCUT2D eigenvalue weighted by Crippen LogP contribution is 2.31. The van der Waals surface area contributed by atoms with Crippen molar-refractivity contribution >= 4 is 11.8 Å². The lowest BCUT2D eigenvalue weighted by atomic mass is 10.1. The van der Waals surface area contributed by atoms with Gasteiger partial charge >= 0.3 is 6.18 Å².